The number of benzene rings is 3. The topological polar surface area (TPSA) is 44.1 Å². The number of halogens is 1. The van der Waals surface area contributed by atoms with Gasteiger partial charge in [0, 0.05) is 17.3 Å². The molecule has 0 unspecified atom stereocenters. The van der Waals surface area contributed by atoms with Crippen LogP contribution in [0, 0.1) is 16.7 Å². The van der Waals surface area contributed by atoms with Gasteiger partial charge in [0.1, 0.15) is 0 Å². The Balaban J connectivity index is 1.96. The first-order valence-electron chi connectivity index (χ1n) is 10.4. The van der Waals surface area contributed by atoms with Crippen molar-refractivity contribution in [1.29, 1.82) is 5.26 Å². The van der Waals surface area contributed by atoms with Crippen LogP contribution in [-0.2, 0) is 4.79 Å². The first-order chi connectivity index (χ1) is 14.8. The molecule has 0 N–H and O–H groups in total. The molecule has 3 nitrogen and oxygen atoms in total. The van der Waals surface area contributed by atoms with E-state index in [4.69, 9.17) is 11.6 Å². The molecule has 3 aromatic rings. The lowest BCUT2D eigenvalue weighted by Gasteiger charge is -2.31. The Morgan fingerprint density at radius 1 is 1.06 bits per heavy atom. The number of nitrogens with zero attached hydrogens (tertiary/aromatic N) is 2. The molecule has 0 aromatic heterocycles. The molecular weight excluding hydrogens is 424 g/mol. The van der Waals surface area contributed by atoms with E-state index in [1.54, 1.807) is 11.8 Å². The second kappa shape index (κ2) is 8.57. The van der Waals surface area contributed by atoms with Gasteiger partial charge in [0.2, 0.25) is 5.91 Å². The Kier molecular flexibility index (Phi) is 6.01. The monoisotopic (exact) mass is 448 g/mol. The first-order valence-corrected chi connectivity index (χ1v) is 11.7. The minimum absolute atomic E-state index is 0.00668. The lowest BCUT2D eigenvalue weighted by atomic mass is 9.93. The maximum Gasteiger partial charge on any atom is 0.241 e. The predicted octanol–water partition coefficient (Wildman–Crippen LogP) is 6.99. The highest BCUT2D eigenvalue weighted by Crippen LogP contribution is 2.49. The summed E-state index contributed by atoms with van der Waals surface area (Å²) in [5, 5.41) is 11.9. The average Bonchev–Trinajstić information content (AvgIpc) is 2.83. The molecule has 0 aliphatic carbocycles. The van der Waals surface area contributed by atoms with Crippen molar-refractivity contribution < 1.29 is 4.79 Å². The molecule has 0 fully saturated rings. The van der Waals surface area contributed by atoms with Crippen molar-refractivity contribution in [2.45, 2.75) is 37.7 Å². The zero-order valence-electron chi connectivity index (χ0n) is 17.9. The normalized spacial score (nSPS) is 19.1. The number of nitriles is 1. The molecule has 0 saturated heterocycles. The zero-order valence-corrected chi connectivity index (χ0v) is 19.5. The van der Waals surface area contributed by atoms with Crippen LogP contribution >= 0.6 is 23.4 Å². The predicted molar refractivity (Wildman–Crippen MR) is 131 cm³/mol. The van der Waals surface area contributed by atoms with Gasteiger partial charge in [-0.05, 0) is 45.5 Å². The van der Waals surface area contributed by atoms with Crippen LogP contribution in [0.4, 0.5) is 5.69 Å². The molecule has 158 valence electrons. The summed E-state index contributed by atoms with van der Waals surface area (Å²) < 4.78 is 0. The van der Waals surface area contributed by atoms with Gasteiger partial charge in [-0.25, -0.2) is 0 Å². The molecule has 0 bridgehead atoms. The van der Waals surface area contributed by atoms with E-state index in [1.807, 2.05) is 35.2 Å². The van der Waals surface area contributed by atoms with Crippen LogP contribution in [0.1, 0.15) is 43.6 Å². The fourth-order valence-corrected chi connectivity index (χ4v) is 5.76. The maximum atomic E-state index is 13.6. The Morgan fingerprint density at radius 3 is 2.55 bits per heavy atom. The highest BCUT2D eigenvalue weighted by atomic mass is 35.5. The smallest absolute Gasteiger partial charge is 0.241 e. The second-order valence-corrected chi connectivity index (χ2v) is 10.9. The Hall–Kier alpha value is -2.48. The van der Waals surface area contributed by atoms with E-state index in [2.05, 4.69) is 57.2 Å². The van der Waals surface area contributed by atoms with Crippen LogP contribution in [0.25, 0.3) is 10.8 Å². The molecular formula is C26H25ClN2OS. The van der Waals surface area contributed by atoms with E-state index < -0.39 is 5.25 Å². The second-order valence-electron chi connectivity index (χ2n) is 9.12. The molecule has 4 rings (SSSR count). The van der Waals surface area contributed by atoms with Gasteiger partial charge < -0.3 is 4.90 Å². The van der Waals surface area contributed by atoms with Crippen LogP contribution in [0.3, 0.4) is 0 Å². The molecule has 31 heavy (non-hydrogen) atoms. The Bertz CT molecular complexity index is 1170. The first kappa shape index (κ1) is 21.7. The van der Waals surface area contributed by atoms with E-state index in [-0.39, 0.29) is 23.0 Å². The van der Waals surface area contributed by atoms with Crippen LogP contribution in [-0.4, -0.2) is 17.7 Å². The maximum absolute atomic E-state index is 13.6. The number of amides is 1. The largest absolute Gasteiger partial charge is 0.311 e. The van der Waals surface area contributed by atoms with Crippen molar-refractivity contribution in [3.8, 4) is 6.07 Å². The van der Waals surface area contributed by atoms with Crippen molar-refractivity contribution in [2.24, 2.45) is 5.41 Å². The van der Waals surface area contributed by atoms with Gasteiger partial charge in [-0.15, -0.1) is 11.8 Å². The van der Waals surface area contributed by atoms with Crippen LogP contribution in [0.15, 0.2) is 60.7 Å². The van der Waals surface area contributed by atoms with E-state index in [0.29, 0.717) is 11.6 Å². The number of carbonyl (C=O) groups excluding carboxylic acids is 1. The molecule has 0 spiro atoms. The third-order valence-corrected chi connectivity index (χ3v) is 7.13. The number of anilines is 1. The highest BCUT2D eigenvalue weighted by Gasteiger charge is 2.38. The van der Waals surface area contributed by atoms with Crippen LogP contribution in [0.5, 0.6) is 0 Å². The standard InChI is InChI=1S/C26H25ClN2OS/c1-26(2,3)16-29-22-12-11-18(27)15-21(22)24(31-23(13-14-28)25(29)30)20-10-6-8-17-7-4-5-9-19(17)20/h4-12,15,23-24H,13,16H2,1-3H3/t23-,24-/m1/s1. The van der Waals surface area contributed by atoms with Crippen molar-refractivity contribution in [1.82, 2.24) is 0 Å². The number of thioether (sulfide) groups is 1. The summed E-state index contributed by atoms with van der Waals surface area (Å²) in [6.45, 7) is 6.94. The lowest BCUT2D eigenvalue weighted by Crippen LogP contribution is -2.42. The van der Waals surface area contributed by atoms with Gasteiger partial charge >= 0.3 is 0 Å². The summed E-state index contributed by atoms with van der Waals surface area (Å²) in [4.78, 5) is 15.5. The van der Waals surface area contributed by atoms with E-state index in [0.717, 1.165) is 27.6 Å². The molecule has 1 aliphatic rings. The summed E-state index contributed by atoms with van der Waals surface area (Å²) >= 11 is 8.01. The zero-order chi connectivity index (χ0) is 22.2. The average molecular weight is 449 g/mol. The number of hydrogen-bond donors (Lipinski definition) is 0. The molecule has 3 aromatic carbocycles. The highest BCUT2D eigenvalue weighted by molar-refractivity contribution is 8.01. The van der Waals surface area contributed by atoms with Crippen molar-refractivity contribution in [3.05, 3.63) is 76.8 Å². The fourth-order valence-electron chi connectivity index (χ4n) is 4.15. The molecule has 5 heteroatoms. The molecule has 1 heterocycles. The van der Waals surface area contributed by atoms with Gasteiger partial charge in [0.15, 0.2) is 0 Å². The lowest BCUT2D eigenvalue weighted by molar-refractivity contribution is -0.118. The Morgan fingerprint density at radius 2 is 1.81 bits per heavy atom. The van der Waals surface area contributed by atoms with Crippen molar-refractivity contribution in [3.63, 3.8) is 0 Å². The minimum atomic E-state index is -0.442. The number of carbonyl (C=O) groups is 1. The van der Waals surface area contributed by atoms with Gasteiger partial charge in [-0.3, -0.25) is 4.79 Å². The van der Waals surface area contributed by atoms with Gasteiger partial charge in [0.05, 0.1) is 23.0 Å². The summed E-state index contributed by atoms with van der Waals surface area (Å²) in [6, 6.07) is 22.6. The van der Waals surface area contributed by atoms with Gasteiger partial charge in [0.25, 0.3) is 0 Å². The molecule has 0 radical (unpaired) electrons. The third kappa shape index (κ3) is 4.44. The molecule has 1 amide bonds. The molecule has 1 aliphatic heterocycles. The summed E-state index contributed by atoms with van der Waals surface area (Å²) in [5.41, 5.74) is 2.95. The number of rotatable bonds is 3. The summed E-state index contributed by atoms with van der Waals surface area (Å²) in [5.74, 6) is -0.00668. The van der Waals surface area contributed by atoms with Crippen LogP contribution in [0.2, 0.25) is 5.02 Å². The SMILES string of the molecule is CC(C)(C)CN1C(=O)[C@@H](CC#N)S[C@H](c2cccc3ccccc23)c2cc(Cl)ccc21. The minimum Gasteiger partial charge on any atom is -0.311 e. The van der Waals surface area contributed by atoms with Crippen molar-refractivity contribution >= 4 is 45.7 Å². The van der Waals surface area contributed by atoms with E-state index >= 15 is 0 Å². The van der Waals surface area contributed by atoms with E-state index in [9.17, 15) is 10.1 Å². The van der Waals surface area contributed by atoms with Crippen LogP contribution < -0.4 is 4.90 Å². The van der Waals surface area contributed by atoms with Crippen molar-refractivity contribution in [2.75, 3.05) is 11.4 Å². The molecule has 0 saturated carbocycles. The number of hydrogen-bond acceptors (Lipinski definition) is 3. The quantitative estimate of drug-likeness (QED) is 0.433. The number of fused-ring (bicyclic) bond motifs is 2. The van der Waals surface area contributed by atoms with Gasteiger partial charge in [-0.1, -0.05) is 74.8 Å². The third-order valence-electron chi connectivity index (χ3n) is 5.42. The summed E-state index contributed by atoms with van der Waals surface area (Å²) in [7, 11) is 0. The molecule has 2 atom stereocenters. The van der Waals surface area contributed by atoms with Gasteiger partial charge in [-0.2, -0.15) is 5.26 Å². The van der Waals surface area contributed by atoms with E-state index in [1.165, 1.54) is 0 Å². The Labute approximate surface area is 193 Å². The fraction of sp³-hybridized carbons (Fsp3) is 0.308. The summed E-state index contributed by atoms with van der Waals surface area (Å²) in [6.07, 6.45) is 0.174.